The van der Waals surface area contributed by atoms with E-state index in [9.17, 15) is 14.4 Å². The molecule has 7 nitrogen and oxygen atoms in total. The zero-order valence-corrected chi connectivity index (χ0v) is 17.6. The molecule has 2 aromatic rings. The first kappa shape index (κ1) is 22.3. The minimum atomic E-state index is -0.628. The molecule has 0 spiro atoms. The van der Waals surface area contributed by atoms with E-state index in [1.807, 2.05) is 37.3 Å². The maximum atomic E-state index is 11.9. The molecule has 0 radical (unpaired) electrons. The summed E-state index contributed by atoms with van der Waals surface area (Å²) in [7, 11) is 0. The van der Waals surface area contributed by atoms with Crippen LogP contribution in [0.1, 0.15) is 33.3 Å². The van der Waals surface area contributed by atoms with Crippen LogP contribution < -0.4 is 16.4 Å². The van der Waals surface area contributed by atoms with E-state index in [0.717, 1.165) is 28.2 Å². The lowest BCUT2D eigenvalue weighted by Gasteiger charge is -2.07. The summed E-state index contributed by atoms with van der Waals surface area (Å²) in [5.41, 5.74) is 7.74. The van der Waals surface area contributed by atoms with Crippen molar-refractivity contribution in [2.45, 2.75) is 20.3 Å². The van der Waals surface area contributed by atoms with Crippen LogP contribution in [0.25, 0.3) is 0 Å². The number of nitrogens with one attached hydrogen (secondary N) is 2. The van der Waals surface area contributed by atoms with Crippen LogP contribution in [-0.2, 0) is 20.7 Å². The predicted octanol–water partition coefficient (Wildman–Crippen LogP) is 2.68. The Bertz CT molecular complexity index is 952. The fourth-order valence-electron chi connectivity index (χ4n) is 2.52. The van der Waals surface area contributed by atoms with Crippen molar-refractivity contribution >= 4 is 51.5 Å². The van der Waals surface area contributed by atoms with Gasteiger partial charge >= 0.3 is 5.97 Å². The molecule has 1 aromatic heterocycles. The van der Waals surface area contributed by atoms with Gasteiger partial charge in [0, 0.05) is 23.5 Å². The van der Waals surface area contributed by atoms with Crippen molar-refractivity contribution in [2.75, 3.05) is 11.9 Å². The number of nitrogens with two attached hydrogens (primary N) is 1. The number of ether oxygens (including phenoxy) is 1. The van der Waals surface area contributed by atoms with Crippen molar-refractivity contribution in [3.8, 4) is 0 Å². The van der Waals surface area contributed by atoms with E-state index in [2.05, 4.69) is 10.6 Å². The first-order chi connectivity index (χ1) is 13.8. The van der Waals surface area contributed by atoms with Crippen LogP contribution in [0.5, 0.6) is 0 Å². The van der Waals surface area contributed by atoms with Crippen LogP contribution in [0.2, 0.25) is 0 Å². The van der Waals surface area contributed by atoms with Crippen LogP contribution in [0.3, 0.4) is 0 Å². The van der Waals surface area contributed by atoms with Gasteiger partial charge in [-0.1, -0.05) is 30.3 Å². The van der Waals surface area contributed by atoms with Crippen molar-refractivity contribution in [1.82, 2.24) is 5.32 Å². The van der Waals surface area contributed by atoms with Gasteiger partial charge in [-0.25, -0.2) is 4.79 Å². The molecule has 0 bridgehead atoms. The molecule has 9 heteroatoms. The third-order valence-electron chi connectivity index (χ3n) is 3.82. The second-order valence-corrected chi connectivity index (χ2v) is 7.42. The molecule has 0 saturated heterocycles. The number of amides is 2. The second-order valence-electron chi connectivity index (χ2n) is 5.91. The fraction of sp³-hybridized carbons (Fsp3) is 0.200. The highest BCUT2D eigenvalue weighted by molar-refractivity contribution is 7.80. The smallest absolute Gasteiger partial charge is 0.330 e. The van der Waals surface area contributed by atoms with Gasteiger partial charge in [-0.15, -0.1) is 11.3 Å². The standard InChI is InChI=1S/C20H21N3O4S2/c1-3-27-16(25)10-9-15(24)22-20(28)23-19-17(18(21)26)12(2)14(29-19)11-13-7-5-4-6-8-13/h4-10H,3,11H2,1-2H3,(H2,21,26)(H2,22,23,24,28). The zero-order valence-electron chi connectivity index (χ0n) is 16.0. The van der Waals surface area contributed by atoms with Crippen LogP contribution in [0.4, 0.5) is 5.00 Å². The normalized spacial score (nSPS) is 10.6. The molecule has 2 amide bonds. The first-order valence-corrected chi connectivity index (χ1v) is 9.97. The Morgan fingerprint density at radius 3 is 2.52 bits per heavy atom. The van der Waals surface area contributed by atoms with E-state index < -0.39 is 17.8 Å². The summed E-state index contributed by atoms with van der Waals surface area (Å²) in [6.45, 7) is 3.70. The monoisotopic (exact) mass is 431 g/mol. The number of thiocarbonyl (C=S) groups is 1. The van der Waals surface area contributed by atoms with E-state index in [-0.39, 0.29) is 11.7 Å². The van der Waals surface area contributed by atoms with Crippen LogP contribution in [-0.4, -0.2) is 29.5 Å². The van der Waals surface area contributed by atoms with E-state index in [1.54, 1.807) is 6.92 Å². The molecule has 1 aromatic carbocycles. The van der Waals surface area contributed by atoms with Crippen LogP contribution >= 0.6 is 23.6 Å². The van der Waals surface area contributed by atoms with Gasteiger partial charge in [0.25, 0.3) is 5.91 Å². The molecule has 2 rings (SSSR count). The van der Waals surface area contributed by atoms with Gasteiger partial charge < -0.3 is 15.8 Å². The minimum absolute atomic E-state index is 0.0153. The molecule has 0 fully saturated rings. The average Bonchev–Trinajstić information content (AvgIpc) is 2.96. The molecule has 152 valence electrons. The number of carbonyl (C=O) groups is 3. The second kappa shape index (κ2) is 10.5. The molecule has 0 unspecified atom stereocenters. The van der Waals surface area contributed by atoms with E-state index in [1.165, 1.54) is 11.3 Å². The summed E-state index contributed by atoms with van der Waals surface area (Å²) in [4.78, 5) is 36.0. The Kier molecular flexibility index (Phi) is 8.05. The number of hydrogen-bond acceptors (Lipinski definition) is 6. The molecular formula is C20H21N3O4S2. The summed E-state index contributed by atoms with van der Waals surface area (Å²) in [5.74, 6) is -1.82. The number of anilines is 1. The molecule has 0 aliphatic carbocycles. The van der Waals surface area contributed by atoms with E-state index in [4.69, 9.17) is 22.7 Å². The lowest BCUT2D eigenvalue weighted by Crippen LogP contribution is -2.33. The zero-order chi connectivity index (χ0) is 21.4. The molecule has 1 heterocycles. The summed E-state index contributed by atoms with van der Waals surface area (Å²) >= 11 is 6.48. The quantitative estimate of drug-likeness (QED) is 0.353. The molecule has 0 saturated carbocycles. The van der Waals surface area contributed by atoms with Crippen molar-refractivity contribution in [3.05, 3.63) is 64.1 Å². The highest BCUT2D eigenvalue weighted by Crippen LogP contribution is 2.34. The number of esters is 1. The molecule has 0 aliphatic heterocycles. The Morgan fingerprint density at radius 1 is 1.21 bits per heavy atom. The van der Waals surface area contributed by atoms with E-state index in [0.29, 0.717) is 17.0 Å². The number of rotatable bonds is 7. The molecule has 4 N–H and O–H groups in total. The first-order valence-electron chi connectivity index (χ1n) is 8.74. The van der Waals surface area contributed by atoms with Crippen LogP contribution in [0, 0.1) is 6.92 Å². The number of carbonyl (C=O) groups excluding carboxylic acids is 3. The maximum Gasteiger partial charge on any atom is 0.330 e. The number of hydrogen-bond donors (Lipinski definition) is 3. The summed E-state index contributed by atoms with van der Waals surface area (Å²) in [6.07, 6.45) is 2.66. The third-order valence-corrected chi connectivity index (χ3v) is 5.23. The number of thiophene rings is 1. The highest BCUT2D eigenvalue weighted by atomic mass is 32.1. The number of primary amides is 1. The van der Waals surface area contributed by atoms with Crippen molar-refractivity contribution in [3.63, 3.8) is 0 Å². The van der Waals surface area contributed by atoms with Crippen LogP contribution in [0.15, 0.2) is 42.5 Å². The Morgan fingerprint density at radius 2 is 1.90 bits per heavy atom. The SMILES string of the molecule is CCOC(=O)C=CC(=O)NC(=S)Nc1sc(Cc2ccccc2)c(C)c1C(N)=O. The topological polar surface area (TPSA) is 111 Å². The van der Waals surface area contributed by atoms with E-state index >= 15 is 0 Å². The van der Waals surface area contributed by atoms with Gasteiger partial charge in [0.1, 0.15) is 5.00 Å². The molecule has 0 atom stereocenters. The van der Waals surface area contributed by atoms with Crippen molar-refractivity contribution in [1.29, 1.82) is 0 Å². The van der Waals surface area contributed by atoms with Gasteiger partial charge in [0.2, 0.25) is 5.91 Å². The largest absolute Gasteiger partial charge is 0.463 e. The molecule has 0 aliphatic rings. The Balaban J connectivity index is 2.12. The lowest BCUT2D eigenvalue weighted by molar-refractivity contribution is -0.137. The summed E-state index contributed by atoms with van der Waals surface area (Å²) in [6, 6.07) is 9.82. The average molecular weight is 432 g/mol. The minimum Gasteiger partial charge on any atom is -0.463 e. The molecular weight excluding hydrogens is 410 g/mol. The van der Waals surface area contributed by atoms with Gasteiger partial charge in [0.05, 0.1) is 12.2 Å². The summed E-state index contributed by atoms with van der Waals surface area (Å²) in [5, 5.41) is 5.71. The lowest BCUT2D eigenvalue weighted by atomic mass is 10.1. The van der Waals surface area contributed by atoms with Crippen molar-refractivity contribution < 1.29 is 19.1 Å². The maximum absolute atomic E-state index is 11.9. The van der Waals surface area contributed by atoms with Gasteiger partial charge in [0.15, 0.2) is 5.11 Å². The van der Waals surface area contributed by atoms with Crippen molar-refractivity contribution in [2.24, 2.45) is 5.73 Å². The summed E-state index contributed by atoms with van der Waals surface area (Å²) < 4.78 is 4.70. The number of benzene rings is 1. The fourth-order valence-corrected chi connectivity index (χ4v) is 4.03. The Labute approximate surface area is 177 Å². The van der Waals surface area contributed by atoms with Gasteiger partial charge in [-0.3, -0.25) is 14.9 Å². The predicted molar refractivity (Wildman–Crippen MR) is 117 cm³/mol. The third kappa shape index (κ3) is 6.51. The highest BCUT2D eigenvalue weighted by Gasteiger charge is 2.20. The Hall–Kier alpha value is -3.04. The van der Waals surface area contributed by atoms with Gasteiger partial charge in [-0.2, -0.15) is 0 Å². The van der Waals surface area contributed by atoms with Gasteiger partial charge in [-0.05, 0) is 37.2 Å². The molecule has 29 heavy (non-hydrogen) atoms.